The van der Waals surface area contributed by atoms with E-state index in [2.05, 4.69) is 11.4 Å². The molecule has 1 N–H and O–H groups in total. The summed E-state index contributed by atoms with van der Waals surface area (Å²) in [6, 6.07) is 5.91. The van der Waals surface area contributed by atoms with E-state index in [4.69, 9.17) is 12.2 Å². The van der Waals surface area contributed by atoms with Crippen molar-refractivity contribution in [1.29, 1.82) is 0 Å². The molecule has 0 aliphatic carbocycles. The monoisotopic (exact) mass is 336 g/mol. The smallest absolute Gasteiger partial charge is 0.241 e. The van der Waals surface area contributed by atoms with E-state index in [0.717, 1.165) is 23.2 Å². The van der Waals surface area contributed by atoms with Gasteiger partial charge < -0.3 is 5.32 Å². The number of carbonyl (C=O) groups excluding carboxylic acids is 2. The molecule has 22 heavy (non-hydrogen) atoms. The summed E-state index contributed by atoms with van der Waals surface area (Å²) >= 11 is 6.63. The zero-order valence-electron chi connectivity index (χ0n) is 13.0. The van der Waals surface area contributed by atoms with Crippen LogP contribution in [0.1, 0.15) is 30.9 Å². The van der Waals surface area contributed by atoms with Gasteiger partial charge in [0, 0.05) is 18.7 Å². The number of hydrogen-bond donors (Lipinski definition) is 1. The molecule has 1 aromatic rings. The minimum atomic E-state index is -0.106. The fourth-order valence-electron chi connectivity index (χ4n) is 2.44. The van der Waals surface area contributed by atoms with E-state index in [9.17, 15) is 9.59 Å². The van der Waals surface area contributed by atoms with Gasteiger partial charge in [0.2, 0.25) is 11.8 Å². The first-order chi connectivity index (χ1) is 10.4. The van der Waals surface area contributed by atoms with E-state index < -0.39 is 0 Å². The number of thioether (sulfide) groups is 1. The summed E-state index contributed by atoms with van der Waals surface area (Å²) in [5.41, 5.74) is 3.00. The zero-order chi connectivity index (χ0) is 16.3. The molecule has 1 saturated heterocycles. The first-order valence-corrected chi connectivity index (χ1v) is 8.59. The summed E-state index contributed by atoms with van der Waals surface area (Å²) < 4.78 is 0.580. The Morgan fingerprint density at radius 3 is 2.50 bits per heavy atom. The van der Waals surface area contributed by atoms with Crippen molar-refractivity contribution < 1.29 is 9.59 Å². The Labute approximate surface area is 140 Å². The van der Waals surface area contributed by atoms with Gasteiger partial charge in [-0.25, -0.2) is 0 Å². The van der Waals surface area contributed by atoms with Crippen LogP contribution in [0.4, 0.5) is 5.69 Å². The normalized spacial score (nSPS) is 18.0. The first-order valence-electron chi connectivity index (χ1n) is 7.31. The third-order valence-corrected chi connectivity index (χ3v) is 5.19. The third kappa shape index (κ3) is 4.08. The van der Waals surface area contributed by atoms with Crippen molar-refractivity contribution in [3.05, 3.63) is 29.3 Å². The van der Waals surface area contributed by atoms with Crippen molar-refractivity contribution in [3.63, 3.8) is 0 Å². The molecule has 1 aromatic carbocycles. The number of hydrogen-bond acceptors (Lipinski definition) is 4. The second-order valence-electron chi connectivity index (χ2n) is 5.45. The van der Waals surface area contributed by atoms with Crippen LogP contribution >= 0.6 is 24.0 Å². The molecule has 2 rings (SSSR count). The van der Waals surface area contributed by atoms with E-state index in [0.29, 0.717) is 10.9 Å². The number of nitrogens with zero attached hydrogens (tertiary/aromatic N) is 1. The molecule has 6 heteroatoms. The lowest BCUT2D eigenvalue weighted by Crippen LogP contribution is -2.34. The Balaban J connectivity index is 1.90. The number of benzene rings is 1. The Hall–Kier alpha value is -1.40. The molecule has 0 bridgehead atoms. The highest BCUT2D eigenvalue weighted by atomic mass is 32.2. The molecule has 0 saturated carbocycles. The Morgan fingerprint density at radius 1 is 1.32 bits per heavy atom. The molecule has 118 valence electrons. The lowest BCUT2D eigenvalue weighted by Gasteiger charge is -2.15. The van der Waals surface area contributed by atoms with Gasteiger partial charge >= 0.3 is 0 Å². The second kappa shape index (κ2) is 7.24. The van der Waals surface area contributed by atoms with Gasteiger partial charge in [0.1, 0.15) is 4.32 Å². The highest BCUT2D eigenvalue weighted by Crippen LogP contribution is 2.29. The molecule has 2 amide bonds. The van der Waals surface area contributed by atoms with Crippen LogP contribution in [0.15, 0.2) is 18.2 Å². The molecule has 0 radical (unpaired) electrons. The van der Waals surface area contributed by atoms with Gasteiger partial charge in [-0.2, -0.15) is 0 Å². The molecular formula is C16H20N2O2S2. The van der Waals surface area contributed by atoms with E-state index in [1.54, 1.807) is 4.90 Å². The number of rotatable bonds is 5. The number of nitrogens with one attached hydrogen (secondary N) is 1. The number of thiocarbonyl (C=S) groups is 1. The van der Waals surface area contributed by atoms with E-state index in [-0.39, 0.29) is 23.5 Å². The lowest BCUT2D eigenvalue weighted by atomic mass is 10.1. The van der Waals surface area contributed by atoms with Gasteiger partial charge in [-0.05, 0) is 43.5 Å². The SMILES string of the molecule is CCC1SC(=S)N(CCC(=O)Nc2cc(C)cc(C)c2)C1=O. The summed E-state index contributed by atoms with van der Waals surface area (Å²) in [7, 11) is 0. The van der Waals surface area contributed by atoms with Gasteiger partial charge in [0.15, 0.2) is 0 Å². The van der Waals surface area contributed by atoms with Crippen LogP contribution in [0.25, 0.3) is 0 Å². The predicted octanol–water partition coefficient (Wildman–Crippen LogP) is 3.27. The molecule has 1 heterocycles. The average molecular weight is 336 g/mol. The molecule has 1 unspecified atom stereocenters. The van der Waals surface area contributed by atoms with Crippen LogP contribution in [0, 0.1) is 13.8 Å². The van der Waals surface area contributed by atoms with E-state index >= 15 is 0 Å². The molecule has 1 aliphatic heterocycles. The molecule has 0 spiro atoms. The van der Waals surface area contributed by atoms with Crippen molar-refractivity contribution in [1.82, 2.24) is 4.90 Å². The van der Waals surface area contributed by atoms with Crippen LogP contribution < -0.4 is 5.32 Å². The first kappa shape index (κ1) is 17.0. The zero-order valence-corrected chi connectivity index (χ0v) is 14.6. The maximum absolute atomic E-state index is 12.1. The third-order valence-electron chi connectivity index (χ3n) is 3.44. The summed E-state index contributed by atoms with van der Waals surface area (Å²) in [5, 5.41) is 2.79. The van der Waals surface area contributed by atoms with Crippen molar-refractivity contribution >= 4 is 45.8 Å². The molecule has 1 atom stereocenters. The molecule has 1 fully saturated rings. The number of anilines is 1. The van der Waals surface area contributed by atoms with Crippen molar-refractivity contribution in [2.24, 2.45) is 0 Å². The number of aryl methyl sites for hydroxylation is 2. The highest BCUT2D eigenvalue weighted by molar-refractivity contribution is 8.24. The average Bonchev–Trinajstić information content (AvgIpc) is 2.70. The summed E-state index contributed by atoms with van der Waals surface area (Å²) in [6.45, 7) is 6.30. The van der Waals surface area contributed by atoms with Gasteiger partial charge in [-0.15, -0.1) is 0 Å². The van der Waals surface area contributed by atoms with Crippen molar-refractivity contribution in [3.8, 4) is 0 Å². The standard InChI is InChI=1S/C16H20N2O2S2/c1-4-13-15(20)18(16(21)22-13)6-5-14(19)17-12-8-10(2)7-11(3)9-12/h7-9,13H,4-6H2,1-3H3,(H,17,19). The summed E-state index contributed by atoms with van der Waals surface area (Å²) in [6.07, 6.45) is 1.00. The maximum atomic E-state index is 12.1. The maximum Gasteiger partial charge on any atom is 0.241 e. The topological polar surface area (TPSA) is 49.4 Å². The molecule has 4 nitrogen and oxygen atoms in total. The van der Waals surface area contributed by atoms with Crippen LogP contribution in [-0.4, -0.2) is 32.8 Å². The minimum Gasteiger partial charge on any atom is -0.326 e. The summed E-state index contributed by atoms with van der Waals surface area (Å²) in [5.74, 6) is -0.0813. The molecular weight excluding hydrogens is 316 g/mol. The minimum absolute atomic E-state index is 0.0247. The van der Waals surface area contributed by atoms with Gasteiger partial charge in [0.25, 0.3) is 0 Å². The van der Waals surface area contributed by atoms with E-state index in [1.165, 1.54) is 11.8 Å². The Morgan fingerprint density at radius 2 is 1.95 bits per heavy atom. The predicted molar refractivity (Wildman–Crippen MR) is 95.1 cm³/mol. The summed E-state index contributed by atoms with van der Waals surface area (Å²) in [4.78, 5) is 25.7. The van der Waals surface area contributed by atoms with Gasteiger partial charge in [-0.3, -0.25) is 14.5 Å². The molecule has 0 aromatic heterocycles. The van der Waals surface area contributed by atoms with Gasteiger partial charge in [0.05, 0.1) is 5.25 Å². The van der Waals surface area contributed by atoms with Crippen LogP contribution in [0.3, 0.4) is 0 Å². The van der Waals surface area contributed by atoms with Crippen molar-refractivity contribution in [2.45, 2.75) is 38.9 Å². The lowest BCUT2D eigenvalue weighted by molar-refractivity contribution is -0.126. The fourth-order valence-corrected chi connectivity index (χ4v) is 3.92. The van der Waals surface area contributed by atoms with Crippen LogP contribution in [-0.2, 0) is 9.59 Å². The fraction of sp³-hybridized carbons (Fsp3) is 0.438. The molecule has 1 aliphatic rings. The quantitative estimate of drug-likeness (QED) is 0.839. The largest absolute Gasteiger partial charge is 0.326 e. The van der Waals surface area contributed by atoms with Crippen LogP contribution in [0.5, 0.6) is 0 Å². The second-order valence-corrected chi connectivity index (χ2v) is 7.28. The Bertz CT molecular complexity index is 596. The Kier molecular flexibility index (Phi) is 5.58. The number of amides is 2. The highest BCUT2D eigenvalue weighted by Gasteiger charge is 2.35. The van der Waals surface area contributed by atoms with Crippen molar-refractivity contribution in [2.75, 3.05) is 11.9 Å². The van der Waals surface area contributed by atoms with E-state index in [1.807, 2.05) is 32.9 Å². The van der Waals surface area contributed by atoms with Crippen LogP contribution in [0.2, 0.25) is 0 Å². The number of carbonyl (C=O) groups is 2. The van der Waals surface area contributed by atoms with Gasteiger partial charge in [-0.1, -0.05) is 37.0 Å².